The molecule has 0 aromatic carbocycles. The Labute approximate surface area is 97.0 Å². The van der Waals surface area contributed by atoms with Crippen LogP contribution in [0.2, 0.25) is 0 Å². The minimum atomic E-state index is -0.532. The summed E-state index contributed by atoms with van der Waals surface area (Å²) in [7, 11) is 0. The van der Waals surface area contributed by atoms with Crippen LogP contribution in [-0.2, 0) is 0 Å². The van der Waals surface area contributed by atoms with Crippen LogP contribution in [0.1, 0.15) is 9.67 Å². The highest BCUT2D eigenvalue weighted by Crippen LogP contribution is 2.24. The zero-order chi connectivity index (χ0) is 11.5. The summed E-state index contributed by atoms with van der Waals surface area (Å²) in [5.74, 6) is -0.399. The molecule has 0 aliphatic carbocycles. The highest BCUT2D eigenvalue weighted by Gasteiger charge is 2.15. The molecule has 2 aromatic heterocycles. The second kappa shape index (κ2) is 4.33. The minimum absolute atomic E-state index is 0.0624. The second-order valence-electron chi connectivity index (χ2n) is 2.63. The zero-order valence-corrected chi connectivity index (χ0v) is 9.25. The Hall–Kier alpha value is -1.87. The van der Waals surface area contributed by atoms with E-state index in [0.717, 1.165) is 22.9 Å². The molecular weight excluding hydrogens is 252 g/mol. The normalized spacial score (nSPS) is 10.0. The molecule has 1 amide bonds. The van der Waals surface area contributed by atoms with Crippen LogP contribution in [0.3, 0.4) is 0 Å². The fourth-order valence-corrected chi connectivity index (χ4v) is 2.07. The molecule has 0 radical (unpaired) electrons. The molecule has 0 aliphatic heterocycles. The zero-order valence-electron chi connectivity index (χ0n) is 7.61. The minimum Gasteiger partial charge on any atom is -0.310 e. The molecule has 0 spiro atoms. The quantitative estimate of drug-likeness (QED) is 0.666. The predicted octanol–water partition coefficient (Wildman–Crippen LogP) is 1.76. The van der Waals surface area contributed by atoms with E-state index in [1.54, 1.807) is 0 Å². The van der Waals surface area contributed by atoms with Gasteiger partial charge in [0.2, 0.25) is 0 Å². The van der Waals surface area contributed by atoms with Crippen LogP contribution in [0.15, 0.2) is 18.3 Å². The maximum absolute atomic E-state index is 11.6. The first-order valence-electron chi connectivity index (χ1n) is 4.00. The van der Waals surface area contributed by atoms with Crippen LogP contribution in [0.5, 0.6) is 0 Å². The predicted molar refractivity (Wildman–Crippen MR) is 58.8 cm³/mol. The van der Waals surface area contributed by atoms with Gasteiger partial charge in [-0.1, -0.05) is 15.8 Å². The molecule has 0 saturated carbocycles. The number of aromatic nitrogens is 2. The van der Waals surface area contributed by atoms with Crippen LogP contribution in [0.4, 0.5) is 10.0 Å². The van der Waals surface area contributed by atoms with Gasteiger partial charge in [0.25, 0.3) is 5.91 Å². The standard InChI is InChI=1S/C7H4N4O3S2/c12-7(9-5-3-8-10-16-5)4-1-2-6(15-4)11(13)14/h1-3H,(H,9,12). The number of hydrogen-bond acceptors (Lipinski definition) is 7. The topological polar surface area (TPSA) is 98.0 Å². The molecule has 2 rings (SSSR count). The van der Waals surface area contributed by atoms with E-state index in [4.69, 9.17) is 0 Å². The van der Waals surface area contributed by atoms with Gasteiger partial charge in [-0.25, -0.2) is 0 Å². The number of rotatable bonds is 3. The summed E-state index contributed by atoms with van der Waals surface area (Å²) in [5.41, 5.74) is 0. The second-order valence-corrected chi connectivity index (χ2v) is 4.48. The highest BCUT2D eigenvalue weighted by atomic mass is 32.1. The average Bonchev–Trinajstić information content (AvgIpc) is 2.86. The van der Waals surface area contributed by atoms with Crippen LogP contribution in [0, 0.1) is 10.1 Å². The highest BCUT2D eigenvalue weighted by molar-refractivity contribution is 7.17. The van der Waals surface area contributed by atoms with E-state index in [2.05, 4.69) is 14.9 Å². The molecule has 16 heavy (non-hydrogen) atoms. The molecule has 82 valence electrons. The van der Waals surface area contributed by atoms with E-state index in [0.29, 0.717) is 5.00 Å². The summed E-state index contributed by atoms with van der Waals surface area (Å²) >= 11 is 1.86. The van der Waals surface area contributed by atoms with Gasteiger partial charge in [0.15, 0.2) is 0 Å². The lowest BCUT2D eigenvalue weighted by Crippen LogP contribution is -2.08. The number of hydrogen-bond donors (Lipinski definition) is 1. The summed E-state index contributed by atoms with van der Waals surface area (Å²) in [4.78, 5) is 21.7. The third-order valence-electron chi connectivity index (χ3n) is 1.59. The van der Waals surface area contributed by atoms with Crippen molar-refractivity contribution < 1.29 is 9.72 Å². The lowest BCUT2D eigenvalue weighted by atomic mass is 10.4. The van der Waals surface area contributed by atoms with Crippen LogP contribution in [-0.4, -0.2) is 20.4 Å². The lowest BCUT2D eigenvalue weighted by Gasteiger charge is -1.96. The molecule has 7 nitrogen and oxygen atoms in total. The van der Waals surface area contributed by atoms with E-state index < -0.39 is 10.8 Å². The van der Waals surface area contributed by atoms with Gasteiger partial charge in [-0.15, -0.1) is 5.10 Å². The maximum Gasteiger partial charge on any atom is 0.324 e. The van der Waals surface area contributed by atoms with Crippen molar-refractivity contribution in [3.8, 4) is 0 Å². The number of thiophene rings is 1. The Morgan fingerprint density at radius 2 is 2.31 bits per heavy atom. The first-order valence-corrected chi connectivity index (χ1v) is 5.59. The summed E-state index contributed by atoms with van der Waals surface area (Å²) in [5, 5.41) is 16.9. The Bertz CT molecular complexity index is 521. The lowest BCUT2D eigenvalue weighted by molar-refractivity contribution is -0.380. The molecule has 0 aliphatic rings. The molecule has 0 unspecified atom stereocenters. The molecule has 0 bridgehead atoms. The summed E-state index contributed by atoms with van der Waals surface area (Å²) in [6.07, 6.45) is 1.41. The molecule has 0 atom stereocenters. The molecule has 9 heteroatoms. The van der Waals surface area contributed by atoms with Crippen LogP contribution < -0.4 is 5.32 Å². The number of carbonyl (C=O) groups is 1. The molecule has 0 fully saturated rings. The van der Waals surface area contributed by atoms with Crippen LogP contribution >= 0.6 is 22.9 Å². The third kappa shape index (κ3) is 2.20. The first-order chi connectivity index (χ1) is 7.66. The summed E-state index contributed by atoms with van der Waals surface area (Å²) in [6, 6.07) is 2.71. The van der Waals surface area contributed by atoms with Gasteiger partial charge < -0.3 is 5.32 Å². The average molecular weight is 256 g/mol. The number of carbonyl (C=O) groups excluding carboxylic acids is 1. The number of anilines is 1. The van der Waals surface area contributed by atoms with Crippen molar-refractivity contribution in [1.82, 2.24) is 9.59 Å². The fraction of sp³-hybridized carbons (Fsp3) is 0. The van der Waals surface area contributed by atoms with E-state index >= 15 is 0 Å². The summed E-state index contributed by atoms with van der Waals surface area (Å²) in [6.45, 7) is 0. The van der Waals surface area contributed by atoms with Gasteiger partial charge in [-0.05, 0) is 6.07 Å². The van der Waals surface area contributed by atoms with Gasteiger partial charge >= 0.3 is 5.00 Å². The van der Waals surface area contributed by atoms with E-state index in [1.807, 2.05) is 0 Å². The Kier molecular flexibility index (Phi) is 2.88. The number of nitrogens with zero attached hydrogens (tertiary/aromatic N) is 3. The molecule has 2 heterocycles. The fourth-order valence-electron chi connectivity index (χ4n) is 0.944. The number of nitro groups is 1. The van der Waals surface area contributed by atoms with Gasteiger partial charge in [0, 0.05) is 17.6 Å². The number of amides is 1. The van der Waals surface area contributed by atoms with E-state index in [1.165, 1.54) is 18.3 Å². The van der Waals surface area contributed by atoms with E-state index in [9.17, 15) is 14.9 Å². The third-order valence-corrected chi connectivity index (χ3v) is 3.21. The van der Waals surface area contributed by atoms with Gasteiger partial charge in [-0.3, -0.25) is 14.9 Å². The summed E-state index contributed by atoms with van der Waals surface area (Å²) < 4.78 is 3.57. The SMILES string of the molecule is O=C(Nc1cnns1)c1ccc([N+](=O)[O-])s1. The van der Waals surface area contributed by atoms with Crippen LogP contribution in [0.25, 0.3) is 0 Å². The molecule has 0 saturated heterocycles. The molecule has 1 N–H and O–H groups in total. The van der Waals surface area contributed by atoms with Crippen molar-refractivity contribution in [2.45, 2.75) is 0 Å². The van der Waals surface area contributed by atoms with Gasteiger partial charge in [0.05, 0.1) is 16.0 Å². The van der Waals surface area contributed by atoms with Crippen molar-refractivity contribution in [1.29, 1.82) is 0 Å². The smallest absolute Gasteiger partial charge is 0.310 e. The molecule has 2 aromatic rings. The largest absolute Gasteiger partial charge is 0.324 e. The molecular formula is C7H4N4O3S2. The number of nitrogens with one attached hydrogen (secondary N) is 1. The Morgan fingerprint density at radius 3 is 2.88 bits per heavy atom. The van der Waals surface area contributed by atoms with Crippen molar-refractivity contribution in [3.63, 3.8) is 0 Å². The van der Waals surface area contributed by atoms with Crippen molar-refractivity contribution in [3.05, 3.63) is 33.3 Å². The van der Waals surface area contributed by atoms with Crippen molar-refractivity contribution in [2.75, 3.05) is 5.32 Å². The first kappa shape index (κ1) is 10.6. The van der Waals surface area contributed by atoms with E-state index in [-0.39, 0.29) is 9.88 Å². The van der Waals surface area contributed by atoms with Crippen molar-refractivity contribution in [2.24, 2.45) is 0 Å². The maximum atomic E-state index is 11.6. The van der Waals surface area contributed by atoms with Crippen molar-refractivity contribution >= 4 is 38.8 Å². The van der Waals surface area contributed by atoms with Gasteiger partial charge in [0.1, 0.15) is 5.00 Å². The Balaban J connectivity index is 2.12. The van der Waals surface area contributed by atoms with Gasteiger partial charge in [-0.2, -0.15) is 0 Å². The Morgan fingerprint density at radius 1 is 1.50 bits per heavy atom. The monoisotopic (exact) mass is 256 g/mol.